The molecule has 7 nitrogen and oxygen atoms in total. The summed E-state index contributed by atoms with van der Waals surface area (Å²) in [6.45, 7) is 3.27. The number of H-pyrrole nitrogens is 1. The molecule has 0 saturated heterocycles. The van der Waals surface area contributed by atoms with Crippen LogP contribution in [0.5, 0.6) is 0 Å². The number of aromatic amines is 1. The van der Waals surface area contributed by atoms with Crippen molar-refractivity contribution in [3.63, 3.8) is 0 Å². The Morgan fingerprint density at radius 1 is 1.50 bits per heavy atom. The molecular weight excluding hydrogens is 278 g/mol. The number of aryl methyl sites for hydroxylation is 1. The van der Waals surface area contributed by atoms with Crippen LogP contribution in [0.4, 0.5) is 0 Å². The Morgan fingerprint density at radius 3 is 2.85 bits per heavy atom. The Bertz CT molecular complexity index is 624. The van der Waals surface area contributed by atoms with Crippen LogP contribution in [0, 0.1) is 0 Å². The van der Waals surface area contributed by atoms with E-state index >= 15 is 0 Å². The highest BCUT2D eigenvalue weighted by Gasteiger charge is 2.17. The van der Waals surface area contributed by atoms with Gasteiger partial charge in [-0.2, -0.15) is 0 Å². The molecule has 2 heterocycles. The maximum Gasteiger partial charge on any atom is 0.242 e. The quantitative estimate of drug-likeness (QED) is 0.679. The highest BCUT2D eigenvalue weighted by Crippen LogP contribution is 2.14. The van der Waals surface area contributed by atoms with Crippen molar-refractivity contribution >= 4 is 10.0 Å². The molecule has 4 N–H and O–H groups in total. The lowest BCUT2D eigenvalue weighted by molar-refractivity contribution is 0.581. The number of nitrogens with two attached hydrogens (primary N) is 1. The number of hydrogen-bond acceptors (Lipinski definition) is 4. The number of nitrogens with one attached hydrogen (secondary N) is 2. The summed E-state index contributed by atoms with van der Waals surface area (Å²) in [7, 11) is -3.50. The maximum atomic E-state index is 12.2. The second-order valence-corrected chi connectivity index (χ2v) is 6.15. The average Bonchev–Trinajstić information content (AvgIpc) is 3.07. The second kappa shape index (κ2) is 6.21. The molecule has 2 aromatic heterocycles. The number of sulfonamides is 1. The van der Waals surface area contributed by atoms with E-state index < -0.39 is 10.0 Å². The van der Waals surface area contributed by atoms with E-state index in [1.807, 2.05) is 11.5 Å². The number of aromatic nitrogens is 3. The van der Waals surface area contributed by atoms with Crippen molar-refractivity contribution in [3.8, 4) is 0 Å². The molecule has 0 saturated carbocycles. The van der Waals surface area contributed by atoms with Crippen molar-refractivity contribution in [3.05, 3.63) is 36.2 Å². The summed E-state index contributed by atoms with van der Waals surface area (Å²) in [5, 5.41) is 0. The van der Waals surface area contributed by atoms with E-state index in [1.165, 1.54) is 0 Å². The summed E-state index contributed by atoms with van der Waals surface area (Å²) in [5.41, 5.74) is 7.30. The van der Waals surface area contributed by atoms with Gasteiger partial charge in [-0.25, -0.2) is 18.1 Å². The normalized spacial score (nSPS) is 11.9. The van der Waals surface area contributed by atoms with Crippen molar-refractivity contribution in [1.82, 2.24) is 19.3 Å². The Hall–Kier alpha value is -1.64. The smallest absolute Gasteiger partial charge is 0.242 e. The Labute approximate surface area is 118 Å². The third kappa shape index (κ3) is 3.27. The Kier molecular flexibility index (Phi) is 4.58. The van der Waals surface area contributed by atoms with Gasteiger partial charge in [0.1, 0.15) is 0 Å². The molecular formula is C12H19N5O2S. The maximum absolute atomic E-state index is 12.2. The summed E-state index contributed by atoms with van der Waals surface area (Å²) in [5.74, 6) is 0. The van der Waals surface area contributed by atoms with Gasteiger partial charge in [-0.3, -0.25) is 0 Å². The van der Waals surface area contributed by atoms with Gasteiger partial charge in [-0.15, -0.1) is 0 Å². The van der Waals surface area contributed by atoms with E-state index in [0.29, 0.717) is 26.1 Å². The number of imidazole rings is 1. The molecule has 0 fully saturated rings. The minimum atomic E-state index is -3.50. The van der Waals surface area contributed by atoms with Crippen LogP contribution in [0.1, 0.15) is 18.3 Å². The molecule has 0 amide bonds. The van der Waals surface area contributed by atoms with Gasteiger partial charge in [0, 0.05) is 49.8 Å². The van der Waals surface area contributed by atoms with Gasteiger partial charge in [0.15, 0.2) is 0 Å². The highest BCUT2D eigenvalue weighted by atomic mass is 32.2. The van der Waals surface area contributed by atoms with E-state index in [2.05, 4.69) is 14.7 Å². The number of rotatable bonds is 7. The molecule has 0 atom stereocenters. The zero-order valence-electron chi connectivity index (χ0n) is 11.3. The van der Waals surface area contributed by atoms with E-state index in [9.17, 15) is 8.42 Å². The second-order valence-electron chi connectivity index (χ2n) is 4.38. The van der Waals surface area contributed by atoms with Crippen LogP contribution in [0.25, 0.3) is 0 Å². The zero-order valence-corrected chi connectivity index (χ0v) is 12.2. The lowest BCUT2D eigenvalue weighted by Gasteiger charge is -2.04. The molecule has 0 spiro atoms. The van der Waals surface area contributed by atoms with Gasteiger partial charge in [-0.1, -0.05) is 0 Å². The van der Waals surface area contributed by atoms with E-state index in [0.717, 1.165) is 11.4 Å². The van der Waals surface area contributed by atoms with Crippen LogP contribution in [0.3, 0.4) is 0 Å². The van der Waals surface area contributed by atoms with E-state index in [4.69, 9.17) is 5.73 Å². The molecule has 0 radical (unpaired) electrons. The molecule has 2 rings (SSSR count). The molecule has 8 heteroatoms. The zero-order chi connectivity index (χ0) is 14.6. The summed E-state index contributed by atoms with van der Waals surface area (Å²) in [6.07, 6.45) is 5.42. The molecule has 2 aromatic rings. The minimum absolute atomic E-state index is 0.254. The molecule has 0 aromatic carbocycles. The molecule has 20 heavy (non-hydrogen) atoms. The van der Waals surface area contributed by atoms with Crippen molar-refractivity contribution in [2.24, 2.45) is 5.73 Å². The lowest BCUT2D eigenvalue weighted by atomic mass is 10.3. The van der Waals surface area contributed by atoms with Crippen LogP contribution in [-0.4, -0.2) is 29.5 Å². The minimum Gasteiger partial charge on any atom is -0.349 e. The first-order valence-electron chi connectivity index (χ1n) is 6.43. The number of nitrogens with zero attached hydrogens (tertiary/aromatic N) is 2. The van der Waals surface area contributed by atoms with Crippen molar-refractivity contribution in [2.45, 2.75) is 31.3 Å². The van der Waals surface area contributed by atoms with Gasteiger partial charge >= 0.3 is 0 Å². The lowest BCUT2D eigenvalue weighted by Crippen LogP contribution is -2.25. The number of hydrogen-bond donors (Lipinski definition) is 3. The van der Waals surface area contributed by atoms with Gasteiger partial charge in [0.25, 0.3) is 0 Å². The monoisotopic (exact) mass is 297 g/mol. The Morgan fingerprint density at radius 2 is 2.30 bits per heavy atom. The molecule has 110 valence electrons. The van der Waals surface area contributed by atoms with Gasteiger partial charge < -0.3 is 15.3 Å². The summed E-state index contributed by atoms with van der Waals surface area (Å²) in [6, 6.07) is 1.61. The molecule has 0 bridgehead atoms. The fourth-order valence-corrected chi connectivity index (χ4v) is 3.06. The first-order valence-corrected chi connectivity index (χ1v) is 7.91. The van der Waals surface area contributed by atoms with Crippen LogP contribution < -0.4 is 10.5 Å². The van der Waals surface area contributed by atoms with Crippen LogP contribution in [0.2, 0.25) is 0 Å². The van der Waals surface area contributed by atoms with Crippen molar-refractivity contribution < 1.29 is 8.42 Å². The fourth-order valence-electron chi connectivity index (χ4n) is 1.96. The predicted octanol–water partition coefficient (Wildman–Crippen LogP) is 0.211. The topological polar surface area (TPSA) is 106 Å². The molecule has 0 unspecified atom stereocenters. The van der Waals surface area contributed by atoms with Gasteiger partial charge in [0.05, 0.1) is 11.2 Å². The predicted molar refractivity (Wildman–Crippen MR) is 75.5 cm³/mol. The largest absolute Gasteiger partial charge is 0.349 e. The third-order valence-corrected chi connectivity index (χ3v) is 4.49. The van der Waals surface area contributed by atoms with Gasteiger partial charge in [-0.05, 0) is 13.0 Å². The van der Waals surface area contributed by atoms with Crippen LogP contribution >= 0.6 is 0 Å². The SMILES string of the molecule is CCn1cc(S(=O)(=O)NCCc2cnc[nH]2)cc1CN. The highest BCUT2D eigenvalue weighted by molar-refractivity contribution is 7.89. The standard InChI is InChI=1S/C12H19N5O2S/c1-2-17-8-12(5-11(17)6-13)20(18,19)16-4-3-10-7-14-9-15-10/h5,7-9,16H,2-4,6,13H2,1H3,(H,14,15). The first-order chi connectivity index (χ1) is 9.56. The molecule has 0 aliphatic heterocycles. The summed E-state index contributed by atoms with van der Waals surface area (Å²) in [4.78, 5) is 7.06. The van der Waals surface area contributed by atoms with Crippen LogP contribution in [-0.2, 0) is 29.5 Å². The summed E-state index contributed by atoms with van der Waals surface area (Å²) >= 11 is 0. The van der Waals surface area contributed by atoms with Gasteiger partial charge in [0.2, 0.25) is 10.0 Å². The van der Waals surface area contributed by atoms with E-state index in [-0.39, 0.29) is 4.90 Å². The molecule has 0 aliphatic rings. The first kappa shape index (κ1) is 14.8. The van der Waals surface area contributed by atoms with Crippen molar-refractivity contribution in [2.75, 3.05) is 6.54 Å². The summed E-state index contributed by atoms with van der Waals surface area (Å²) < 4.78 is 28.7. The molecule has 0 aliphatic carbocycles. The van der Waals surface area contributed by atoms with Crippen LogP contribution in [0.15, 0.2) is 29.7 Å². The van der Waals surface area contributed by atoms with Crippen molar-refractivity contribution in [1.29, 1.82) is 0 Å². The third-order valence-electron chi connectivity index (χ3n) is 3.06. The van der Waals surface area contributed by atoms with E-state index in [1.54, 1.807) is 24.8 Å². The fraction of sp³-hybridized carbons (Fsp3) is 0.417. The Balaban J connectivity index is 2.04. The average molecular weight is 297 g/mol.